The van der Waals surface area contributed by atoms with Crippen molar-refractivity contribution in [3.63, 3.8) is 0 Å². The number of hydrogen-bond acceptors (Lipinski definition) is 4. The minimum absolute atomic E-state index is 0.406. The number of hydrogen-bond donors (Lipinski definition) is 3. The number of aliphatic carboxylic acids is 1. The van der Waals surface area contributed by atoms with Crippen LogP contribution in [0.15, 0.2) is 30.3 Å². The number of thiol groups is 1. The van der Waals surface area contributed by atoms with Crippen LogP contribution in [0.25, 0.3) is 0 Å². The summed E-state index contributed by atoms with van der Waals surface area (Å²) < 4.78 is 0. The number of carboxylic acids is 1. The van der Waals surface area contributed by atoms with Gasteiger partial charge in [0, 0.05) is 5.56 Å². The van der Waals surface area contributed by atoms with Crippen LogP contribution < -0.4 is 5.32 Å². The summed E-state index contributed by atoms with van der Waals surface area (Å²) >= 11 is 3.67. The first-order chi connectivity index (χ1) is 8.43. The van der Waals surface area contributed by atoms with E-state index in [-0.39, 0.29) is 0 Å². The highest BCUT2D eigenvalue weighted by molar-refractivity contribution is 7.82. The molecular weight excluding hydrogens is 254 g/mol. The summed E-state index contributed by atoms with van der Waals surface area (Å²) in [4.78, 5) is 33.9. The van der Waals surface area contributed by atoms with Crippen LogP contribution in [0.1, 0.15) is 17.3 Å². The van der Waals surface area contributed by atoms with Gasteiger partial charge in [-0.25, -0.2) is 0 Å². The van der Waals surface area contributed by atoms with Gasteiger partial charge in [0.15, 0.2) is 11.0 Å². The average molecular weight is 267 g/mol. The van der Waals surface area contributed by atoms with Crippen LogP contribution >= 0.6 is 12.6 Å². The fourth-order valence-electron chi connectivity index (χ4n) is 1.30. The number of carbonyl (C=O) groups is 3. The number of carboxylic acid groups (broad SMARTS) is 1. The number of amides is 1. The first-order valence-corrected chi connectivity index (χ1v) is 5.75. The van der Waals surface area contributed by atoms with E-state index in [0.29, 0.717) is 5.56 Å². The molecule has 0 saturated heterocycles. The van der Waals surface area contributed by atoms with Crippen LogP contribution in [-0.2, 0) is 9.59 Å². The second-order valence-electron chi connectivity index (χ2n) is 3.70. The van der Waals surface area contributed by atoms with Gasteiger partial charge in [-0.05, 0) is 19.1 Å². The third-order valence-corrected chi connectivity index (χ3v) is 2.79. The van der Waals surface area contributed by atoms with E-state index in [1.807, 2.05) is 0 Å². The molecule has 2 atom stereocenters. The lowest BCUT2D eigenvalue weighted by Gasteiger charge is -2.14. The molecule has 0 fully saturated rings. The molecule has 0 radical (unpaired) electrons. The van der Waals surface area contributed by atoms with Crippen molar-refractivity contribution in [3.8, 4) is 0 Å². The van der Waals surface area contributed by atoms with Gasteiger partial charge in [-0.15, -0.1) is 0 Å². The van der Waals surface area contributed by atoms with E-state index >= 15 is 0 Å². The number of rotatable bonds is 5. The molecule has 0 heterocycles. The Kier molecular flexibility index (Phi) is 4.91. The lowest BCUT2D eigenvalue weighted by Crippen LogP contribution is -2.44. The summed E-state index contributed by atoms with van der Waals surface area (Å²) in [7, 11) is 0. The second kappa shape index (κ2) is 6.20. The SMILES string of the molecule is C[C@@H](NC(=O)c1ccccc1)C(=O)[C@H](S)C(=O)O. The maximum absolute atomic E-state index is 11.7. The number of carbonyl (C=O) groups excluding carboxylic acids is 2. The molecule has 0 saturated carbocycles. The van der Waals surface area contributed by atoms with Gasteiger partial charge in [0.2, 0.25) is 0 Å². The second-order valence-corrected chi connectivity index (χ2v) is 4.22. The van der Waals surface area contributed by atoms with Crippen LogP contribution in [0.5, 0.6) is 0 Å². The molecule has 18 heavy (non-hydrogen) atoms. The van der Waals surface area contributed by atoms with Gasteiger partial charge in [-0.2, -0.15) is 12.6 Å². The van der Waals surface area contributed by atoms with E-state index < -0.39 is 29.0 Å². The largest absolute Gasteiger partial charge is 0.480 e. The maximum atomic E-state index is 11.7. The molecule has 0 aliphatic carbocycles. The van der Waals surface area contributed by atoms with Crippen molar-refractivity contribution in [1.82, 2.24) is 5.32 Å². The van der Waals surface area contributed by atoms with Crippen molar-refractivity contribution in [3.05, 3.63) is 35.9 Å². The molecule has 0 aromatic heterocycles. The highest BCUT2D eigenvalue weighted by atomic mass is 32.1. The molecule has 0 aliphatic rings. The van der Waals surface area contributed by atoms with Crippen LogP contribution in [0, 0.1) is 0 Å². The topological polar surface area (TPSA) is 83.5 Å². The molecule has 1 rings (SSSR count). The number of benzene rings is 1. The monoisotopic (exact) mass is 267 g/mol. The molecule has 1 aromatic carbocycles. The van der Waals surface area contributed by atoms with Gasteiger partial charge in [0.05, 0.1) is 6.04 Å². The molecule has 96 valence electrons. The van der Waals surface area contributed by atoms with Crippen molar-refractivity contribution in [1.29, 1.82) is 0 Å². The minimum atomic E-state index is -1.43. The zero-order valence-electron chi connectivity index (χ0n) is 9.66. The molecule has 6 heteroatoms. The molecule has 0 spiro atoms. The maximum Gasteiger partial charge on any atom is 0.324 e. The van der Waals surface area contributed by atoms with E-state index in [0.717, 1.165) is 0 Å². The fraction of sp³-hybridized carbons (Fsp3) is 0.250. The predicted octanol–water partition coefficient (Wildman–Crippen LogP) is 0.757. The highest BCUT2D eigenvalue weighted by Crippen LogP contribution is 2.03. The molecule has 1 amide bonds. The zero-order chi connectivity index (χ0) is 13.7. The average Bonchev–Trinajstić information content (AvgIpc) is 2.37. The van der Waals surface area contributed by atoms with E-state index in [9.17, 15) is 14.4 Å². The van der Waals surface area contributed by atoms with Gasteiger partial charge in [-0.1, -0.05) is 18.2 Å². The van der Waals surface area contributed by atoms with Gasteiger partial charge in [0.25, 0.3) is 5.91 Å². The molecule has 0 aliphatic heterocycles. The van der Waals surface area contributed by atoms with E-state index in [1.165, 1.54) is 6.92 Å². The Bertz CT molecular complexity index is 460. The Hall–Kier alpha value is -1.82. The van der Waals surface area contributed by atoms with Crippen molar-refractivity contribution in [2.24, 2.45) is 0 Å². The Morgan fingerprint density at radius 3 is 2.28 bits per heavy atom. The summed E-state index contributed by atoms with van der Waals surface area (Å²) in [6.07, 6.45) is 0. The summed E-state index contributed by atoms with van der Waals surface area (Å²) in [6, 6.07) is 7.44. The Labute approximate surface area is 110 Å². The number of Topliss-reactive ketones (excluding diaryl/α,β-unsaturated/α-hetero) is 1. The highest BCUT2D eigenvalue weighted by Gasteiger charge is 2.27. The van der Waals surface area contributed by atoms with Crippen molar-refractivity contribution in [2.75, 3.05) is 0 Å². The summed E-state index contributed by atoms with van der Waals surface area (Å²) in [5.74, 6) is -2.42. The van der Waals surface area contributed by atoms with Gasteiger partial charge in [-0.3, -0.25) is 14.4 Å². The Balaban J connectivity index is 2.66. The van der Waals surface area contributed by atoms with Crippen LogP contribution in [0.3, 0.4) is 0 Å². The smallest absolute Gasteiger partial charge is 0.324 e. The lowest BCUT2D eigenvalue weighted by molar-refractivity contribution is -0.139. The summed E-state index contributed by atoms with van der Waals surface area (Å²) in [6.45, 7) is 1.43. The van der Waals surface area contributed by atoms with Gasteiger partial charge < -0.3 is 10.4 Å². The Morgan fingerprint density at radius 2 is 1.78 bits per heavy atom. The third-order valence-electron chi connectivity index (χ3n) is 2.31. The zero-order valence-corrected chi connectivity index (χ0v) is 10.6. The predicted molar refractivity (Wildman–Crippen MR) is 68.8 cm³/mol. The molecule has 0 bridgehead atoms. The van der Waals surface area contributed by atoms with Crippen molar-refractivity contribution in [2.45, 2.75) is 18.2 Å². The lowest BCUT2D eigenvalue weighted by atomic mass is 10.1. The third kappa shape index (κ3) is 3.59. The van der Waals surface area contributed by atoms with E-state index in [2.05, 4.69) is 17.9 Å². The van der Waals surface area contributed by atoms with E-state index in [4.69, 9.17) is 5.11 Å². The number of nitrogens with one attached hydrogen (secondary N) is 1. The molecule has 0 unspecified atom stereocenters. The summed E-state index contributed by atoms with van der Waals surface area (Å²) in [5, 5.41) is 9.64. The van der Waals surface area contributed by atoms with Gasteiger partial charge in [0.1, 0.15) is 0 Å². The molecular formula is C12H13NO4S. The quantitative estimate of drug-likeness (QED) is 0.543. The molecule has 2 N–H and O–H groups in total. The van der Waals surface area contributed by atoms with E-state index in [1.54, 1.807) is 30.3 Å². The standard InChI is InChI=1S/C12H13NO4S/c1-7(9(14)10(18)12(16)17)13-11(15)8-5-3-2-4-6-8/h2-7,10,18H,1H3,(H,13,15)(H,16,17)/t7-,10+/m1/s1. The summed E-state index contributed by atoms with van der Waals surface area (Å²) in [5.41, 5.74) is 0.406. The number of ketones is 1. The first-order valence-electron chi connectivity index (χ1n) is 5.24. The normalized spacial score (nSPS) is 13.4. The van der Waals surface area contributed by atoms with Crippen LogP contribution in [0.2, 0.25) is 0 Å². The molecule has 5 nitrogen and oxygen atoms in total. The van der Waals surface area contributed by atoms with Gasteiger partial charge >= 0.3 is 5.97 Å². The molecule has 1 aromatic rings. The van der Waals surface area contributed by atoms with Crippen LogP contribution in [0.4, 0.5) is 0 Å². The van der Waals surface area contributed by atoms with Crippen LogP contribution in [-0.4, -0.2) is 34.1 Å². The van der Waals surface area contributed by atoms with Crippen molar-refractivity contribution >= 4 is 30.3 Å². The first kappa shape index (κ1) is 14.2. The minimum Gasteiger partial charge on any atom is -0.480 e. The fourth-order valence-corrected chi connectivity index (χ4v) is 1.52. The Morgan fingerprint density at radius 1 is 1.22 bits per heavy atom. The van der Waals surface area contributed by atoms with Crippen molar-refractivity contribution < 1.29 is 19.5 Å².